The van der Waals surface area contributed by atoms with E-state index in [2.05, 4.69) is 12.2 Å². The van der Waals surface area contributed by atoms with Crippen LogP contribution in [0.2, 0.25) is 0 Å². The van der Waals surface area contributed by atoms with Crippen molar-refractivity contribution in [3.8, 4) is 0 Å². The van der Waals surface area contributed by atoms with E-state index >= 15 is 0 Å². The summed E-state index contributed by atoms with van der Waals surface area (Å²) in [6.07, 6.45) is 7.84. The molecule has 2 unspecified atom stereocenters. The molecule has 2 atom stereocenters. The summed E-state index contributed by atoms with van der Waals surface area (Å²) in [5, 5.41) is 3.06. The molecule has 1 saturated carbocycles. The molecule has 3 heteroatoms. The number of hydrogen-bond donors (Lipinski definition) is 2. The van der Waals surface area contributed by atoms with Crippen LogP contribution in [-0.2, 0) is 11.2 Å². The summed E-state index contributed by atoms with van der Waals surface area (Å²) in [5.41, 5.74) is 7.63. The Morgan fingerprint density at radius 1 is 1.38 bits per heavy atom. The zero-order chi connectivity index (χ0) is 15.1. The highest BCUT2D eigenvalue weighted by Gasteiger charge is 2.18. The van der Waals surface area contributed by atoms with Crippen molar-refractivity contribution in [2.45, 2.75) is 51.9 Å². The van der Waals surface area contributed by atoms with Gasteiger partial charge in [-0.15, -0.1) is 0 Å². The van der Waals surface area contributed by atoms with Gasteiger partial charge < -0.3 is 11.1 Å². The van der Waals surface area contributed by atoms with Crippen molar-refractivity contribution in [2.75, 3.05) is 12.3 Å². The van der Waals surface area contributed by atoms with Crippen LogP contribution in [0.15, 0.2) is 24.3 Å². The molecule has 116 valence electrons. The average molecular weight is 288 g/mol. The van der Waals surface area contributed by atoms with Crippen LogP contribution >= 0.6 is 0 Å². The molecule has 0 heterocycles. The molecule has 3 N–H and O–H groups in total. The Bertz CT molecular complexity index is 458. The van der Waals surface area contributed by atoms with Gasteiger partial charge in [0.15, 0.2) is 0 Å². The lowest BCUT2D eigenvalue weighted by Crippen LogP contribution is -2.27. The molecular formula is C18H28N2O. The molecule has 1 fully saturated rings. The van der Waals surface area contributed by atoms with E-state index in [1.54, 1.807) is 0 Å². The summed E-state index contributed by atoms with van der Waals surface area (Å²) in [5.74, 6) is 1.83. The van der Waals surface area contributed by atoms with E-state index in [-0.39, 0.29) is 5.91 Å². The van der Waals surface area contributed by atoms with E-state index in [0.717, 1.165) is 42.5 Å². The molecule has 0 spiro atoms. The van der Waals surface area contributed by atoms with E-state index in [1.165, 1.54) is 25.7 Å². The second kappa shape index (κ2) is 8.06. The lowest BCUT2D eigenvalue weighted by molar-refractivity contribution is -0.121. The van der Waals surface area contributed by atoms with Gasteiger partial charge in [-0.3, -0.25) is 4.79 Å². The number of anilines is 1. The smallest absolute Gasteiger partial charge is 0.220 e. The lowest BCUT2D eigenvalue weighted by atomic mass is 9.81. The van der Waals surface area contributed by atoms with Crippen LogP contribution < -0.4 is 11.1 Å². The van der Waals surface area contributed by atoms with E-state index in [4.69, 9.17) is 5.73 Å². The van der Waals surface area contributed by atoms with Crippen molar-refractivity contribution in [3.05, 3.63) is 29.8 Å². The van der Waals surface area contributed by atoms with Gasteiger partial charge in [-0.05, 0) is 48.8 Å². The van der Waals surface area contributed by atoms with E-state index in [1.807, 2.05) is 24.3 Å². The Morgan fingerprint density at radius 3 is 3.00 bits per heavy atom. The molecule has 1 aromatic carbocycles. The third-order valence-corrected chi connectivity index (χ3v) is 4.51. The maximum Gasteiger partial charge on any atom is 0.220 e. The summed E-state index contributed by atoms with van der Waals surface area (Å²) in [6, 6.07) is 7.77. The van der Waals surface area contributed by atoms with Gasteiger partial charge in [-0.2, -0.15) is 0 Å². The molecular weight excluding hydrogens is 260 g/mol. The van der Waals surface area contributed by atoms with Gasteiger partial charge in [0.25, 0.3) is 0 Å². The molecule has 0 aromatic heterocycles. The zero-order valence-corrected chi connectivity index (χ0v) is 13.1. The van der Waals surface area contributed by atoms with Crippen LogP contribution in [0.5, 0.6) is 0 Å². The summed E-state index contributed by atoms with van der Waals surface area (Å²) >= 11 is 0. The standard InChI is InChI=1S/C18H28N2O/c1-14-4-2-5-16(12-14)10-11-20-18(21)9-8-15-6-3-7-17(19)13-15/h3,6-7,13-14,16H,2,4-5,8-12,19H2,1H3,(H,20,21). The quantitative estimate of drug-likeness (QED) is 0.787. The Kier molecular flexibility index (Phi) is 6.09. The highest BCUT2D eigenvalue weighted by molar-refractivity contribution is 5.76. The second-order valence-electron chi connectivity index (χ2n) is 6.52. The fourth-order valence-corrected chi connectivity index (χ4v) is 3.33. The van der Waals surface area contributed by atoms with Crippen LogP contribution in [0.4, 0.5) is 5.69 Å². The molecule has 0 radical (unpaired) electrons. The SMILES string of the molecule is CC1CCCC(CCNC(=O)CCc2cccc(N)c2)C1. The zero-order valence-electron chi connectivity index (χ0n) is 13.1. The molecule has 1 aromatic rings. The van der Waals surface area contributed by atoms with E-state index < -0.39 is 0 Å². The minimum absolute atomic E-state index is 0.154. The maximum atomic E-state index is 11.9. The minimum atomic E-state index is 0.154. The first kappa shape index (κ1) is 15.9. The number of nitrogens with two attached hydrogens (primary N) is 1. The van der Waals surface area contributed by atoms with Gasteiger partial charge in [0.05, 0.1) is 0 Å². The second-order valence-corrected chi connectivity index (χ2v) is 6.52. The van der Waals surface area contributed by atoms with E-state index in [9.17, 15) is 4.79 Å². The predicted molar refractivity (Wildman–Crippen MR) is 87.9 cm³/mol. The molecule has 21 heavy (non-hydrogen) atoms. The largest absolute Gasteiger partial charge is 0.399 e. The van der Waals surface area contributed by atoms with Gasteiger partial charge in [-0.25, -0.2) is 0 Å². The Hall–Kier alpha value is -1.51. The number of rotatable bonds is 6. The maximum absolute atomic E-state index is 11.9. The van der Waals surface area contributed by atoms with Gasteiger partial charge in [0.1, 0.15) is 0 Å². The molecule has 1 aliphatic carbocycles. The number of benzene rings is 1. The number of nitrogens with one attached hydrogen (secondary N) is 1. The lowest BCUT2D eigenvalue weighted by Gasteiger charge is -2.26. The fraction of sp³-hybridized carbons (Fsp3) is 0.611. The number of carbonyl (C=O) groups excluding carboxylic acids is 1. The van der Waals surface area contributed by atoms with Crippen molar-refractivity contribution in [3.63, 3.8) is 0 Å². The number of aryl methyl sites for hydroxylation is 1. The van der Waals surface area contributed by atoms with Crippen molar-refractivity contribution >= 4 is 11.6 Å². The number of nitrogen functional groups attached to an aromatic ring is 1. The van der Waals surface area contributed by atoms with Crippen LogP contribution in [-0.4, -0.2) is 12.5 Å². The van der Waals surface area contributed by atoms with Crippen molar-refractivity contribution < 1.29 is 4.79 Å². The van der Waals surface area contributed by atoms with E-state index in [0.29, 0.717) is 6.42 Å². The van der Waals surface area contributed by atoms with Crippen LogP contribution in [0.3, 0.4) is 0 Å². The summed E-state index contributed by atoms with van der Waals surface area (Å²) < 4.78 is 0. The van der Waals surface area contributed by atoms with Gasteiger partial charge >= 0.3 is 0 Å². The topological polar surface area (TPSA) is 55.1 Å². The highest BCUT2D eigenvalue weighted by atomic mass is 16.1. The molecule has 1 amide bonds. The molecule has 2 rings (SSSR count). The number of carbonyl (C=O) groups is 1. The molecule has 1 aliphatic rings. The van der Waals surface area contributed by atoms with Crippen molar-refractivity contribution in [1.82, 2.24) is 5.32 Å². The summed E-state index contributed by atoms with van der Waals surface area (Å²) in [6.45, 7) is 3.17. The summed E-state index contributed by atoms with van der Waals surface area (Å²) in [7, 11) is 0. The summed E-state index contributed by atoms with van der Waals surface area (Å²) in [4.78, 5) is 11.9. The Balaban J connectivity index is 1.61. The van der Waals surface area contributed by atoms with Crippen LogP contribution in [0.25, 0.3) is 0 Å². The molecule has 0 bridgehead atoms. The van der Waals surface area contributed by atoms with Crippen molar-refractivity contribution in [2.24, 2.45) is 11.8 Å². The number of amides is 1. The number of hydrogen-bond acceptors (Lipinski definition) is 2. The fourth-order valence-electron chi connectivity index (χ4n) is 3.33. The van der Waals surface area contributed by atoms with Crippen LogP contribution in [0.1, 0.15) is 51.0 Å². The molecule has 0 saturated heterocycles. The minimum Gasteiger partial charge on any atom is -0.399 e. The third kappa shape index (κ3) is 5.78. The highest BCUT2D eigenvalue weighted by Crippen LogP contribution is 2.30. The molecule has 3 nitrogen and oxygen atoms in total. The van der Waals surface area contributed by atoms with Crippen molar-refractivity contribution in [1.29, 1.82) is 0 Å². The first-order chi connectivity index (χ1) is 10.1. The van der Waals surface area contributed by atoms with Gasteiger partial charge in [0.2, 0.25) is 5.91 Å². The average Bonchev–Trinajstić information content (AvgIpc) is 2.45. The molecule has 0 aliphatic heterocycles. The Morgan fingerprint density at radius 2 is 2.24 bits per heavy atom. The monoisotopic (exact) mass is 288 g/mol. The Labute approximate surface area is 128 Å². The first-order valence-electron chi connectivity index (χ1n) is 8.24. The predicted octanol–water partition coefficient (Wildman–Crippen LogP) is 3.53. The van der Waals surface area contributed by atoms with Gasteiger partial charge in [-0.1, -0.05) is 38.3 Å². The first-order valence-corrected chi connectivity index (χ1v) is 8.24. The normalized spacial score (nSPS) is 22.0. The van der Waals surface area contributed by atoms with Gasteiger partial charge in [0, 0.05) is 18.7 Å². The van der Waals surface area contributed by atoms with Crippen LogP contribution in [0, 0.1) is 11.8 Å². The third-order valence-electron chi connectivity index (χ3n) is 4.51.